The highest BCUT2D eigenvalue weighted by molar-refractivity contribution is 5.12. The second kappa shape index (κ2) is 6.57. The molecule has 6 N–H and O–H groups in total. The van der Waals surface area contributed by atoms with E-state index in [-0.39, 0.29) is 5.56 Å². The number of hydrogen-bond donors (Lipinski definition) is 6. The van der Waals surface area contributed by atoms with Crippen LogP contribution in [0.2, 0.25) is 0 Å². The summed E-state index contributed by atoms with van der Waals surface area (Å²) in [6, 6.07) is 0. The van der Waals surface area contributed by atoms with Crippen molar-refractivity contribution in [2.75, 3.05) is 13.4 Å². The van der Waals surface area contributed by atoms with E-state index in [4.69, 9.17) is 4.74 Å². The number of nitrogens with one attached hydrogen (secondary N) is 1. The fraction of sp³-hybridized carbons (Fsp3) is 0.692. The Morgan fingerprint density at radius 1 is 1.44 bits per heavy atom. The summed E-state index contributed by atoms with van der Waals surface area (Å²) >= 11 is 0. The zero-order chi connectivity index (χ0) is 19.2. The highest BCUT2D eigenvalue weighted by Gasteiger charge is 2.70. The molecule has 0 unspecified atom stereocenters. The van der Waals surface area contributed by atoms with Gasteiger partial charge in [-0.05, 0) is 5.92 Å². The summed E-state index contributed by atoms with van der Waals surface area (Å²) in [6.45, 7) is 0.528. The van der Waals surface area contributed by atoms with E-state index in [0.29, 0.717) is 4.57 Å². The topological polar surface area (TPSA) is 168 Å². The molecular weight excluding hydrogens is 345 g/mol. The molecule has 4 atom stereocenters. The van der Waals surface area contributed by atoms with Crippen molar-refractivity contribution >= 4 is 0 Å². The van der Waals surface area contributed by atoms with Gasteiger partial charge in [-0.2, -0.15) is 0 Å². The molecule has 0 aromatic carbocycles. The van der Waals surface area contributed by atoms with Crippen molar-refractivity contribution in [1.29, 1.82) is 0 Å². The van der Waals surface area contributed by atoms with E-state index < -0.39 is 59.5 Å². The van der Waals surface area contributed by atoms with E-state index >= 15 is 0 Å². The SMILES string of the molecule is CC(C)c1cn([C@]2(O)O[C@H](CO)[C@@H](O)[C@]2(O)N(O)CF)c(=O)[nH]c1=O. The molecule has 1 saturated heterocycles. The van der Waals surface area contributed by atoms with Gasteiger partial charge in [0.25, 0.3) is 5.56 Å². The Morgan fingerprint density at radius 3 is 2.52 bits per heavy atom. The van der Waals surface area contributed by atoms with Gasteiger partial charge in [0, 0.05) is 11.8 Å². The first-order valence-corrected chi connectivity index (χ1v) is 7.34. The summed E-state index contributed by atoms with van der Waals surface area (Å²) in [7, 11) is 0. The minimum absolute atomic E-state index is 0.00523. The van der Waals surface area contributed by atoms with E-state index in [1.807, 2.05) is 4.98 Å². The number of halogens is 1. The van der Waals surface area contributed by atoms with Gasteiger partial charge < -0.3 is 30.4 Å². The molecule has 0 radical (unpaired) electrons. The van der Waals surface area contributed by atoms with Crippen molar-refractivity contribution in [1.82, 2.24) is 14.6 Å². The fourth-order valence-electron chi connectivity index (χ4n) is 2.72. The third-order valence-corrected chi connectivity index (χ3v) is 4.16. The van der Waals surface area contributed by atoms with Crippen LogP contribution in [-0.2, 0) is 10.6 Å². The van der Waals surface area contributed by atoms with Crippen LogP contribution >= 0.6 is 0 Å². The van der Waals surface area contributed by atoms with Gasteiger partial charge >= 0.3 is 11.6 Å². The number of hydrogen-bond acceptors (Lipinski definition) is 9. The lowest BCUT2D eigenvalue weighted by Gasteiger charge is -2.41. The van der Waals surface area contributed by atoms with E-state index in [1.54, 1.807) is 13.8 Å². The van der Waals surface area contributed by atoms with Crippen LogP contribution in [0.5, 0.6) is 0 Å². The van der Waals surface area contributed by atoms with Crippen LogP contribution in [0.25, 0.3) is 0 Å². The average Bonchev–Trinajstić information content (AvgIpc) is 2.76. The van der Waals surface area contributed by atoms with Crippen molar-refractivity contribution in [2.45, 2.75) is 43.6 Å². The van der Waals surface area contributed by atoms with Crippen molar-refractivity contribution in [3.63, 3.8) is 0 Å². The Bertz CT molecular complexity index is 752. The van der Waals surface area contributed by atoms with Crippen LogP contribution in [-0.4, -0.2) is 71.6 Å². The number of aliphatic hydroxyl groups excluding tert-OH is 2. The van der Waals surface area contributed by atoms with Gasteiger partial charge in [0.2, 0.25) is 5.72 Å². The van der Waals surface area contributed by atoms with E-state index in [2.05, 4.69) is 0 Å². The summed E-state index contributed by atoms with van der Waals surface area (Å²) < 4.78 is 18.2. The molecule has 1 aliphatic heterocycles. The number of alkyl halides is 1. The second-order valence-electron chi connectivity index (χ2n) is 6.01. The molecule has 25 heavy (non-hydrogen) atoms. The summed E-state index contributed by atoms with van der Waals surface area (Å²) in [5.74, 6) is -3.63. The monoisotopic (exact) mass is 365 g/mol. The van der Waals surface area contributed by atoms with E-state index in [1.165, 1.54) is 0 Å². The fourth-order valence-corrected chi connectivity index (χ4v) is 2.72. The van der Waals surface area contributed by atoms with Gasteiger partial charge in [-0.3, -0.25) is 9.78 Å². The van der Waals surface area contributed by atoms with Gasteiger partial charge in [-0.15, -0.1) is 5.06 Å². The number of hydroxylamine groups is 2. The Labute approximate surface area is 140 Å². The van der Waals surface area contributed by atoms with Crippen molar-refractivity contribution in [3.8, 4) is 0 Å². The normalized spacial score (nSPS) is 32.7. The van der Waals surface area contributed by atoms with Crippen LogP contribution in [0.4, 0.5) is 4.39 Å². The number of aliphatic hydroxyl groups is 4. The molecule has 1 aromatic rings. The lowest BCUT2D eigenvalue weighted by Crippen LogP contribution is -2.68. The number of ether oxygens (including phenoxy) is 1. The minimum Gasteiger partial charge on any atom is -0.394 e. The van der Waals surface area contributed by atoms with Crippen molar-refractivity contribution < 1.29 is 34.8 Å². The van der Waals surface area contributed by atoms with Crippen LogP contribution in [0, 0.1) is 0 Å². The van der Waals surface area contributed by atoms with Gasteiger partial charge in [0.05, 0.1) is 6.61 Å². The third kappa shape index (κ3) is 2.71. The number of rotatable bonds is 5. The molecule has 1 fully saturated rings. The smallest absolute Gasteiger partial charge is 0.332 e. The molecule has 2 rings (SSSR count). The maximum absolute atomic E-state index is 12.9. The lowest BCUT2D eigenvalue weighted by atomic mass is 10.0. The second-order valence-corrected chi connectivity index (χ2v) is 6.01. The summed E-state index contributed by atoms with van der Waals surface area (Å²) in [5.41, 5.74) is -5.27. The van der Waals surface area contributed by atoms with E-state index in [0.717, 1.165) is 6.20 Å². The van der Waals surface area contributed by atoms with Gasteiger partial charge in [-0.1, -0.05) is 13.8 Å². The molecular formula is C13H20FN3O8. The Hall–Kier alpha value is -1.67. The number of H-pyrrole nitrogens is 1. The molecule has 1 aromatic heterocycles. The molecule has 142 valence electrons. The first-order valence-electron chi connectivity index (χ1n) is 7.34. The Kier molecular flexibility index (Phi) is 5.16. The minimum atomic E-state index is -3.26. The highest BCUT2D eigenvalue weighted by Crippen LogP contribution is 2.43. The lowest BCUT2D eigenvalue weighted by molar-refractivity contribution is -0.416. The summed E-state index contributed by atoms with van der Waals surface area (Å²) in [6.07, 6.45) is -3.02. The molecule has 0 amide bonds. The zero-order valence-electron chi connectivity index (χ0n) is 13.5. The van der Waals surface area contributed by atoms with E-state index in [9.17, 15) is 39.6 Å². The Balaban J connectivity index is 2.76. The van der Waals surface area contributed by atoms with Gasteiger partial charge in [0.1, 0.15) is 12.2 Å². The Morgan fingerprint density at radius 2 is 2.04 bits per heavy atom. The molecule has 0 spiro atoms. The molecule has 0 aliphatic carbocycles. The van der Waals surface area contributed by atoms with Crippen molar-refractivity contribution in [3.05, 3.63) is 32.6 Å². The quantitative estimate of drug-likeness (QED) is 0.185. The molecule has 2 heterocycles. The third-order valence-electron chi connectivity index (χ3n) is 4.16. The molecule has 11 nitrogen and oxygen atoms in total. The number of nitrogens with zero attached hydrogens (tertiary/aromatic N) is 2. The standard InChI is InChI=1S/C13H20FN3O8/c1-6(2)7-3-16(11(21)15-10(7)20)13(23)12(22,17(24)5-14)9(19)8(4-18)25-13/h3,6,8-9,18-19,22-24H,4-5H2,1-2H3,(H,15,20,21)/t8-,9-,12-,13-/m1/s1. The van der Waals surface area contributed by atoms with Crippen LogP contribution in [0.15, 0.2) is 15.8 Å². The first-order chi connectivity index (χ1) is 11.5. The zero-order valence-corrected chi connectivity index (χ0v) is 13.5. The predicted molar refractivity (Wildman–Crippen MR) is 78.1 cm³/mol. The maximum Gasteiger partial charge on any atom is 0.332 e. The largest absolute Gasteiger partial charge is 0.394 e. The maximum atomic E-state index is 12.9. The van der Waals surface area contributed by atoms with Crippen LogP contribution in [0.3, 0.4) is 0 Å². The molecule has 0 saturated carbocycles. The van der Waals surface area contributed by atoms with Gasteiger partial charge in [-0.25, -0.2) is 13.8 Å². The molecule has 1 aliphatic rings. The predicted octanol–water partition coefficient (Wildman–Crippen LogP) is -2.68. The van der Waals surface area contributed by atoms with Gasteiger partial charge in [0.15, 0.2) is 6.80 Å². The summed E-state index contributed by atoms with van der Waals surface area (Å²) in [4.78, 5) is 25.8. The van der Waals surface area contributed by atoms with Crippen LogP contribution < -0.4 is 11.2 Å². The molecule has 12 heteroatoms. The summed E-state index contributed by atoms with van der Waals surface area (Å²) in [5, 5.41) is 49.8. The first kappa shape index (κ1) is 19.7. The van der Waals surface area contributed by atoms with Crippen molar-refractivity contribution in [2.24, 2.45) is 0 Å². The average molecular weight is 365 g/mol. The number of aromatic nitrogens is 2. The molecule has 0 bridgehead atoms. The van der Waals surface area contributed by atoms with Crippen LogP contribution in [0.1, 0.15) is 25.3 Å². The highest BCUT2D eigenvalue weighted by atomic mass is 19.1. The number of aromatic amines is 1.